The van der Waals surface area contributed by atoms with Crippen molar-refractivity contribution in [3.8, 4) is 0 Å². The molecule has 0 aromatic heterocycles. The summed E-state index contributed by atoms with van der Waals surface area (Å²) >= 11 is 0. The van der Waals surface area contributed by atoms with E-state index in [1.165, 1.54) is 38.2 Å². The molecule has 0 atom stereocenters. The Hall–Kier alpha value is -1.73. The van der Waals surface area contributed by atoms with E-state index in [1.807, 2.05) is 0 Å². The van der Waals surface area contributed by atoms with E-state index in [1.54, 1.807) is 0 Å². The summed E-state index contributed by atoms with van der Waals surface area (Å²) in [5, 5.41) is 2.71. The minimum absolute atomic E-state index is 0.0591. The minimum Gasteiger partial charge on any atom is -0.355 e. The number of carbonyl (C=O) groups is 2. The Bertz CT molecular complexity index is 639. The molecule has 0 fully saturated rings. The first kappa shape index (κ1) is 19.3. The number of sulfonamides is 1. The fourth-order valence-corrected chi connectivity index (χ4v) is 3.11. The Morgan fingerprint density at radius 1 is 1.13 bits per heavy atom. The Morgan fingerprint density at radius 2 is 1.74 bits per heavy atom. The molecule has 0 unspecified atom stereocenters. The lowest BCUT2D eigenvalue weighted by atomic mass is 10.2. The molecule has 1 aromatic carbocycles. The van der Waals surface area contributed by atoms with Crippen LogP contribution in [0.15, 0.2) is 29.2 Å². The maximum atomic E-state index is 12.4. The van der Waals surface area contributed by atoms with Crippen molar-refractivity contribution < 1.29 is 18.0 Å². The van der Waals surface area contributed by atoms with E-state index in [9.17, 15) is 18.0 Å². The average Bonchev–Trinajstić information content (AvgIpc) is 2.51. The number of nitrogens with one attached hydrogen (secondary N) is 1. The molecule has 0 aliphatic heterocycles. The van der Waals surface area contributed by atoms with Gasteiger partial charge in [0, 0.05) is 19.2 Å². The van der Waals surface area contributed by atoms with E-state index in [0.717, 1.165) is 23.6 Å². The van der Waals surface area contributed by atoms with Gasteiger partial charge in [0.25, 0.3) is 0 Å². The highest BCUT2D eigenvalue weighted by Crippen LogP contribution is 2.15. The molecule has 7 heteroatoms. The van der Waals surface area contributed by atoms with E-state index in [2.05, 4.69) is 12.2 Å². The van der Waals surface area contributed by atoms with Crippen molar-refractivity contribution in [3.63, 3.8) is 0 Å². The van der Waals surface area contributed by atoms with Crippen LogP contribution in [0, 0.1) is 0 Å². The Labute approximate surface area is 137 Å². The molecule has 0 bridgehead atoms. The van der Waals surface area contributed by atoms with Crippen molar-refractivity contribution in [1.29, 1.82) is 0 Å². The third-order valence-corrected chi connectivity index (χ3v) is 5.26. The topological polar surface area (TPSA) is 83.6 Å². The fourth-order valence-electron chi connectivity index (χ4n) is 1.99. The summed E-state index contributed by atoms with van der Waals surface area (Å²) in [6.07, 6.45) is 2.96. The van der Waals surface area contributed by atoms with Crippen molar-refractivity contribution in [1.82, 2.24) is 9.62 Å². The predicted octanol–water partition coefficient (Wildman–Crippen LogP) is 1.82. The number of nitrogens with zero attached hydrogens (tertiary/aromatic N) is 1. The number of amides is 1. The first-order valence-electron chi connectivity index (χ1n) is 7.63. The number of carbonyl (C=O) groups excluding carboxylic acids is 2. The van der Waals surface area contributed by atoms with Gasteiger partial charge in [0.05, 0.1) is 11.4 Å². The first-order chi connectivity index (χ1) is 10.8. The van der Waals surface area contributed by atoms with Crippen LogP contribution in [0.25, 0.3) is 0 Å². The molecule has 1 amide bonds. The second-order valence-electron chi connectivity index (χ2n) is 5.40. The summed E-state index contributed by atoms with van der Waals surface area (Å²) in [5.74, 6) is -0.457. The summed E-state index contributed by atoms with van der Waals surface area (Å²) in [7, 11) is -2.39. The summed E-state index contributed by atoms with van der Waals surface area (Å²) in [4.78, 5) is 23.1. The fraction of sp³-hybridized carbons (Fsp3) is 0.500. The number of rotatable bonds is 9. The number of benzene rings is 1. The SMILES string of the molecule is CCCCCNC(=O)CN(C)S(=O)(=O)c1ccc(C(C)=O)cc1. The molecule has 0 aliphatic carbocycles. The van der Waals surface area contributed by atoms with E-state index in [0.29, 0.717) is 12.1 Å². The summed E-state index contributed by atoms with van der Waals surface area (Å²) in [6, 6.07) is 5.69. The summed E-state index contributed by atoms with van der Waals surface area (Å²) in [6.45, 7) is 3.80. The highest BCUT2D eigenvalue weighted by molar-refractivity contribution is 7.89. The van der Waals surface area contributed by atoms with E-state index < -0.39 is 10.0 Å². The van der Waals surface area contributed by atoms with Gasteiger partial charge in [-0.3, -0.25) is 9.59 Å². The van der Waals surface area contributed by atoms with Gasteiger partial charge in [-0.2, -0.15) is 4.31 Å². The smallest absolute Gasteiger partial charge is 0.243 e. The molecule has 128 valence electrons. The molecule has 0 saturated heterocycles. The molecule has 0 spiro atoms. The minimum atomic E-state index is -3.75. The van der Waals surface area contributed by atoms with Crippen LogP contribution < -0.4 is 5.32 Å². The van der Waals surface area contributed by atoms with Gasteiger partial charge in [0.1, 0.15) is 0 Å². The lowest BCUT2D eigenvalue weighted by molar-refractivity contribution is -0.121. The molecule has 6 nitrogen and oxygen atoms in total. The van der Waals surface area contributed by atoms with E-state index in [-0.39, 0.29) is 23.1 Å². The third-order valence-electron chi connectivity index (χ3n) is 3.44. The Morgan fingerprint density at radius 3 is 2.26 bits per heavy atom. The number of hydrogen-bond acceptors (Lipinski definition) is 4. The lowest BCUT2D eigenvalue weighted by Crippen LogP contribution is -2.38. The molecule has 0 aliphatic rings. The van der Waals surface area contributed by atoms with Crippen LogP contribution in [0.3, 0.4) is 0 Å². The first-order valence-corrected chi connectivity index (χ1v) is 9.07. The van der Waals surface area contributed by atoms with Gasteiger partial charge in [-0.05, 0) is 25.5 Å². The molecule has 23 heavy (non-hydrogen) atoms. The van der Waals surface area contributed by atoms with Gasteiger partial charge in [-0.1, -0.05) is 31.9 Å². The highest BCUT2D eigenvalue weighted by Gasteiger charge is 2.22. The number of Topliss-reactive ketones (excluding diaryl/α,β-unsaturated/α-hetero) is 1. The standard InChI is InChI=1S/C16H24N2O4S/c1-4-5-6-11-17-16(20)12-18(3)23(21,22)15-9-7-14(8-10-15)13(2)19/h7-10H,4-6,11-12H2,1-3H3,(H,17,20). The monoisotopic (exact) mass is 340 g/mol. The van der Waals surface area contributed by atoms with Crippen LogP contribution >= 0.6 is 0 Å². The second kappa shape index (κ2) is 8.79. The van der Waals surface area contributed by atoms with E-state index >= 15 is 0 Å². The molecule has 1 aromatic rings. The Balaban J connectivity index is 2.67. The van der Waals surface area contributed by atoms with Crippen LogP contribution in [0.5, 0.6) is 0 Å². The number of unbranched alkanes of at least 4 members (excludes halogenated alkanes) is 2. The van der Waals surface area contributed by atoms with Crippen molar-refractivity contribution >= 4 is 21.7 Å². The summed E-state index contributed by atoms with van der Waals surface area (Å²) in [5.41, 5.74) is 0.445. The van der Waals surface area contributed by atoms with Gasteiger partial charge >= 0.3 is 0 Å². The molecule has 1 rings (SSSR count). The molecule has 0 radical (unpaired) electrons. The molecular formula is C16H24N2O4S. The number of hydrogen-bond donors (Lipinski definition) is 1. The number of likely N-dealkylation sites (N-methyl/N-ethyl adjacent to an activating group) is 1. The van der Waals surface area contributed by atoms with E-state index in [4.69, 9.17) is 0 Å². The zero-order chi connectivity index (χ0) is 17.5. The predicted molar refractivity (Wildman–Crippen MR) is 88.8 cm³/mol. The highest BCUT2D eigenvalue weighted by atomic mass is 32.2. The van der Waals surface area contributed by atoms with Crippen LogP contribution in [-0.4, -0.2) is 44.6 Å². The van der Waals surface area contributed by atoms with Crippen LogP contribution in [-0.2, 0) is 14.8 Å². The third kappa shape index (κ3) is 5.76. The second-order valence-corrected chi connectivity index (χ2v) is 7.44. The van der Waals surface area contributed by atoms with Crippen molar-refractivity contribution in [2.75, 3.05) is 20.1 Å². The van der Waals surface area contributed by atoms with Crippen LogP contribution in [0.1, 0.15) is 43.5 Å². The molecule has 0 saturated carbocycles. The summed E-state index contributed by atoms with van der Waals surface area (Å²) < 4.78 is 25.8. The van der Waals surface area contributed by atoms with Gasteiger partial charge in [-0.25, -0.2) is 8.42 Å². The van der Waals surface area contributed by atoms with Gasteiger partial charge in [0.2, 0.25) is 15.9 Å². The van der Waals surface area contributed by atoms with Crippen LogP contribution in [0.2, 0.25) is 0 Å². The molecule has 0 heterocycles. The largest absolute Gasteiger partial charge is 0.355 e. The van der Waals surface area contributed by atoms with Gasteiger partial charge in [-0.15, -0.1) is 0 Å². The molecular weight excluding hydrogens is 316 g/mol. The van der Waals surface area contributed by atoms with Crippen LogP contribution in [0.4, 0.5) is 0 Å². The Kier molecular flexibility index (Phi) is 7.38. The maximum absolute atomic E-state index is 12.4. The van der Waals surface area contributed by atoms with Crippen molar-refractivity contribution in [3.05, 3.63) is 29.8 Å². The maximum Gasteiger partial charge on any atom is 0.243 e. The van der Waals surface area contributed by atoms with Crippen molar-refractivity contribution in [2.24, 2.45) is 0 Å². The van der Waals surface area contributed by atoms with Gasteiger partial charge in [0.15, 0.2) is 5.78 Å². The zero-order valence-electron chi connectivity index (χ0n) is 13.8. The zero-order valence-corrected chi connectivity index (χ0v) is 14.6. The van der Waals surface area contributed by atoms with Crippen molar-refractivity contribution in [2.45, 2.75) is 38.0 Å². The lowest BCUT2D eigenvalue weighted by Gasteiger charge is -2.17. The average molecular weight is 340 g/mol. The number of ketones is 1. The quantitative estimate of drug-likeness (QED) is 0.549. The van der Waals surface area contributed by atoms with Gasteiger partial charge < -0.3 is 5.32 Å². The normalized spacial score (nSPS) is 11.5. The molecule has 1 N–H and O–H groups in total.